The van der Waals surface area contributed by atoms with Crippen LogP contribution in [-0.4, -0.2) is 60.7 Å². The minimum Gasteiger partial charge on any atom is -0.543 e. The molecule has 2 aromatic heterocycles. The van der Waals surface area contributed by atoms with Crippen LogP contribution in [-0.2, 0) is 20.9 Å². The molecule has 0 aliphatic carbocycles. The fourth-order valence-electron chi connectivity index (χ4n) is 3.29. The van der Waals surface area contributed by atoms with E-state index in [-0.39, 0.29) is 23.1 Å². The molecule has 14 heteroatoms. The van der Waals surface area contributed by atoms with Gasteiger partial charge in [0.15, 0.2) is 29.8 Å². The number of nitrogens with one attached hydrogen (secondary N) is 1. The normalized spacial score (nSPS) is 20.8. The molecule has 31 heavy (non-hydrogen) atoms. The summed E-state index contributed by atoms with van der Waals surface area (Å²) in [7, 11) is 0. The second-order valence-corrected chi connectivity index (χ2v) is 8.53. The quantitative estimate of drug-likeness (QED) is 0.140. The lowest BCUT2D eigenvalue weighted by Gasteiger charge is -2.50. The molecule has 1 unspecified atom stereocenters. The average Bonchev–Trinajstić information content (AvgIpc) is 3.18. The van der Waals surface area contributed by atoms with Crippen LogP contribution < -0.4 is 20.7 Å². The number of nitrogen functional groups attached to an aromatic ring is 1. The highest BCUT2D eigenvalue weighted by Gasteiger charge is 2.53. The van der Waals surface area contributed by atoms with Gasteiger partial charge in [0.25, 0.3) is 11.8 Å². The molecule has 4 heterocycles. The fourth-order valence-corrected chi connectivity index (χ4v) is 5.17. The van der Waals surface area contributed by atoms with Crippen molar-refractivity contribution in [3.05, 3.63) is 47.1 Å². The minimum atomic E-state index is -1.47. The predicted molar refractivity (Wildman–Crippen MR) is 106 cm³/mol. The first-order chi connectivity index (χ1) is 14.9. The zero-order valence-corrected chi connectivity index (χ0v) is 17.3. The molecule has 2 aromatic rings. The first kappa shape index (κ1) is 20.7. The number of thiazole rings is 1. The van der Waals surface area contributed by atoms with Crippen molar-refractivity contribution in [3.63, 3.8) is 0 Å². The van der Waals surface area contributed by atoms with Crippen molar-refractivity contribution >= 4 is 51.7 Å². The Balaban J connectivity index is 1.52. The summed E-state index contributed by atoms with van der Waals surface area (Å²) < 4.78 is 1.74. The van der Waals surface area contributed by atoms with Crippen LogP contribution in [0.3, 0.4) is 0 Å². The third-order valence-electron chi connectivity index (χ3n) is 4.67. The molecule has 2 aliphatic rings. The molecule has 0 aromatic carbocycles. The number of hydrogen-bond acceptors (Lipinski definition) is 11. The van der Waals surface area contributed by atoms with Crippen molar-refractivity contribution < 1.29 is 29.3 Å². The number of rotatable bonds is 6. The van der Waals surface area contributed by atoms with Crippen LogP contribution >= 0.6 is 23.1 Å². The number of hydrogen-bond donors (Lipinski definition) is 3. The van der Waals surface area contributed by atoms with E-state index in [9.17, 15) is 24.7 Å². The SMILES string of the molecule is Nc1nc(C(=NO)C(=O)NC2C(=O)N3C(C(=O)[O-])=C(C[n+]4ccncc4)CS[C@@H]23)cs1. The Morgan fingerprint density at radius 3 is 2.77 bits per heavy atom. The number of amides is 2. The van der Waals surface area contributed by atoms with E-state index in [0.29, 0.717) is 11.3 Å². The first-order valence-corrected chi connectivity index (χ1v) is 10.7. The highest BCUT2D eigenvalue weighted by atomic mass is 32.2. The molecule has 1 saturated heterocycles. The van der Waals surface area contributed by atoms with Gasteiger partial charge in [0.2, 0.25) is 0 Å². The minimum absolute atomic E-state index is 0.0643. The molecule has 12 nitrogen and oxygen atoms in total. The third-order valence-corrected chi connectivity index (χ3v) is 6.68. The number of oxime groups is 1. The van der Waals surface area contributed by atoms with Crippen LogP contribution in [0.1, 0.15) is 5.69 Å². The van der Waals surface area contributed by atoms with Crippen LogP contribution in [0.2, 0.25) is 0 Å². The zero-order valence-electron chi connectivity index (χ0n) is 15.7. The second kappa shape index (κ2) is 8.31. The second-order valence-electron chi connectivity index (χ2n) is 6.54. The van der Waals surface area contributed by atoms with Crippen molar-refractivity contribution in [1.82, 2.24) is 20.2 Å². The number of carbonyl (C=O) groups is 3. The van der Waals surface area contributed by atoms with Gasteiger partial charge in [-0.15, -0.1) is 23.1 Å². The molecule has 2 amide bonds. The summed E-state index contributed by atoms with van der Waals surface area (Å²) in [6.45, 7) is 0.249. The first-order valence-electron chi connectivity index (χ1n) is 8.82. The Morgan fingerprint density at radius 1 is 1.42 bits per heavy atom. The number of nitrogens with zero attached hydrogens (tertiary/aromatic N) is 5. The Hall–Kier alpha value is -3.52. The Morgan fingerprint density at radius 2 is 2.16 bits per heavy atom. The van der Waals surface area contributed by atoms with Gasteiger partial charge in [0, 0.05) is 16.7 Å². The number of thioether (sulfide) groups is 1. The van der Waals surface area contributed by atoms with Gasteiger partial charge >= 0.3 is 0 Å². The van der Waals surface area contributed by atoms with E-state index in [1.54, 1.807) is 29.4 Å². The van der Waals surface area contributed by atoms with E-state index in [1.165, 1.54) is 17.1 Å². The maximum atomic E-state index is 12.7. The molecule has 0 spiro atoms. The summed E-state index contributed by atoms with van der Waals surface area (Å²) in [5, 5.41) is 27.4. The standard InChI is InChI=1S/C17H15N7O5S2/c18-17-20-9(7-31-17)10(22-29)13(25)21-11-14(26)24-12(16(27)28)8(6-30-15(11)24)5-23-3-1-19-2-4-23/h1-4,7,11,15H,5-6H2,(H4-,18,20,21,25,27,28,29)/t11?,15-/m0/s1. The van der Waals surface area contributed by atoms with Crippen molar-refractivity contribution in [2.45, 2.75) is 18.0 Å². The van der Waals surface area contributed by atoms with Gasteiger partial charge in [-0.25, -0.2) is 4.98 Å². The lowest BCUT2D eigenvalue weighted by atomic mass is 10.0. The van der Waals surface area contributed by atoms with Crippen molar-refractivity contribution in [3.8, 4) is 0 Å². The number of carboxylic acids is 1. The van der Waals surface area contributed by atoms with Gasteiger partial charge in [0.05, 0.1) is 24.1 Å². The van der Waals surface area contributed by atoms with Crippen molar-refractivity contribution in [2.75, 3.05) is 11.5 Å². The van der Waals surface area contributed by atoms with E-state index in [4.69, 9.17) is 5.73 Å². The van der Waals surface area contributed by atoms with E-state index in [0.717, 1.165) is 16.2 Å². The summed E-state index contributed by atoms with van der Waals surface area (Å²) in [6.07, 6.45) is 6.49. The number of β-lactam (4-membered cyclic amide) rings is 1. The van der Waals surface area contributed by atoms with Crippen LogP contribution in [0.5, 0.6) is 0 Å². The molecule has 4 rings (SSSR count). The number of carbonyl (C=O) groups excluding carboxylic acids is 3. The maximum absolute atomic E-state index is 12.7. The summed E-state index contributed by atoms with van der Waals surface area (Å²) >= 11 is 2.37. The Labute approximate surface area is 183 Å². The lowest BCUT2D eigenvalue weighted by molar-refractivity contribution is -0.689. The molecule has 0 radical (unpaired) electrons. The molecule has 2 aliphatic heterocycles. The summed E-state index contributed by atoms with van der Waals surface area (Å²) in [5.41, 5.74) is 5.50. The zero-order chi connectivity index (χ0) is 22.1. The van der Waals surface area contributed by atoms with Crippen LogP contribution in [0.4, 0.5) is 5.13 Å². The number of carboxylic acid groups (broad SMARTS) is 1. The average molecular weight is 461 g/mol. The van der Waals surface area contributed by atoms with E-state index in [1.807, 2.05) is 0 Å². The van der Waals surface area contributed by atoms with Gasteiger partial charge in [-0.05, 0) is 0 Å². The van der Waals surface area contributed by atoms with E-state index in [2.05, 4.69) is 20.4 Å². The number of nitrogens with two attached hydrogens (primary N) is 1. The summed E-state index contributed by atoms with van der Waals surface area (Å²) in [6, 6.07) is -0.991. The van der Waals surface area contributed by atoms with E-state index >= 15 is 0 Å². The maximum Gasteiger partial charge on any atom is 0.276 e. The number of anilines is 1. The van der Waals surface area contributed by atoms with E-state index < -0.39 is 34.9 Å². The van der Waals surface area contributed by atoms with Gasteiger partial charge in [-0.3, -0.25) is 19.5 Å². The molecule has 4 N–H and O–H groups in total. The molecule has 0 bridgehead atoms. The summed E-state index contributed by atoms with van der Waals surface area (Å²) in [4.78, 5) is 46.0. The third kappa shape index (κ3) is 3.82. The molecule has 160 valence electrons. The smallest absolute Gasteiger partial charge is 0.276 e. The predicted octanol–water partition coefficient (Wildman–Crippen LogP) is -2.31. The number of aromatic nitrogens is 3. The Bertz CT molecular complexity index is 1120. The van der Waals surface area contributed by atoms with Crippen LogP contribution in [0.15, 0.2) is 46.6 Å². The number of fused-ring (bicyclic) bond motifs is 1. The Kier molecular flexibility index (Phi) is 5.56. The van der Waals surface area contributed by atoms with Crippen LogP contribution in [0, 0.1) is 0 Å². The molecule has 0 saturated carbocycles. The molecular weight excluding hydrogens is 446 g/mol. The lowest BCUT2D eigenvalue weighted by Crippen LogP contribution is -2.71. The largest absolute Gasteiger partial charge is 0.543 e. The number of aliphatic carboxylic acids is 1. The fraction of sp³-hybridized carbons (Fsp3) is 0.235. The monoisotopic (exact) mass is 461 g/mol. The summed E-state index contributed by atoms with van der Waals surface area (Å²) in [5.74, 6) is -2.58. The van der Waals surface area contributed by atoms with Crippen molar-refractivity contribution in [1.29, 1.82) is 0 Å². The van der Waals surface area contributed by atoms with Gasteiger partial charge in [0.1, 0.15) is 17.1 Å². The van der Waals surface area contributed by atoms with Gasteiger partial charge in [-0.2, -0.15) is 4.57 Å². The van der Waals surface area contributed by atoms with Crippen molar-refractivity contribution in [2.24, 2.45) is 5.16 Å². The molecule has 2 atom stereocenters. The topological polar surface area (TPSA) is 178 Å². The van der Waals surface area contributed by atoms with Gasteiger partial charge in [-0.1, -0.05) is 5.16 Å². The molecule has 1 fully saturated rings. The van der Waals surface area contributed by atoms with Gasteiger partial charge < -0.3 is 26.2 Å². The highest BCUT2D eigenvalue weighted by Crippen LogP contribution is 2.40. The van der Waals surface area contributed by atoms with Crippen LogP contribution in [0.25, 0.3) is 0 Å². The highest BCUT2D eigenvalue weighted by molar-refractivity contribution is 8.00. The molecular formula is C17H15N7O5S2.